The Morgan fingerprint density at radius 2 is 1.86 bits per heavy atom. The molecule has 0 radical (unpaired) electrons. The summed E-state index contributed by atoms with van der Waals surface area (Å²) >= 11 is 0. The first kappa shape index (κ1) is 23.6. The van der Waals surface area contributed by atoms with E-state index in [0.29, 0.717) is 23.4 Å². The predicted octanol–water partition coefficient (Wildman–Crippen LogP) is 6.63. The Morgan fingerprint density at radius 3 is 2.51 bits per heavy atom. The van der Waals surface area contributed by atoms with Crippen molar-refractivity contribution < 1.29 is 22.7 Å². The number of rotatable bonds is 6. The number of nitrogens with one attached hydrogen (secondary N) is 1. The second-order valence-electron chi connectivity index (χ2n) is 10.0. The van der Waals surface area contributed by atoms with Crippen LogP contribution in [0, 0.1) is 11.8 Å². The summed E-state index contributed by atoms with van der Waals surface area (Å²) in [5.41, 5.74) is -0.253. The van der Waals surface area contributed by atoms with Crippen molar-refractivity contribution in [1.29, 1.82) is 0 Å². The monoisotopic (exact) mass is 486 g/mol. The molecule has 0 spiro atoms. The minimum absolute atomic E-state index is 0.0724. The Labute approximate surface area is 201 Å². The van der Waals surface area contributed by atoms with E-state index in [1.54, 1.807) is 12.1 Å². The maximum atomic E-state index is 13.0. The highest BCUT2D eigenvalue weighted by molar-refractivity contribution is 6.05. The number of anilines is 1. The SMILES string of the molecule is CC(C)C1CCC(n2cc3cc(NC(=O)c4cccc(C(F)(F)F)n4)c(OC4CC4)cc3n2)CC1. The zero-order valence-electron chi connectivity index (χ0n) is 19.8. The number of halogens is 3. The minimum Gasteiger partial charge on any atom is -0.488 e. The van der Waals surface area contributed by atoms with Gasteiger partial charge in [-0.3, -0.25) is 9.48 Å². The molecule has 1 aromatic carbocycles. The van der Waals surface area contributed by atoms with Gasteiger partial charge in [0.25, 0.3) is 5.91 Å². The third-order valence-electron chi connectivity index (χ3n) is 7.02. The van der Waals surface area contributed by atoms with Gasteiger partial charge in [0.2, 0.25) is 0 Å². The zero-order valence-corrected chi connectivity index (χ0v) is 19.8. The van der Waals surface area contributed by atoms with Crippen molar-refractivity contribution in [2.45, 2.75) is 70.7 Å². The zero-order chi connectivity index (χ0) is 24.7. The molecule has 2 fully saturated rings. The molecule has 2 aliphatic rings. The van der Waals surface area contributed by atoms with Crippen LogP contribution in [-0.2, 0) is 6.18 Å². The number of hydrogen-bond donors (Lipinski definition) is 1. The van der Waals surface area contributed by atoms with Gasteiger partial charge in [0.1, 0.15) is 17.1 Å². The molecule has 3 aromatic rings. The molecule has 0 saturated heterocycles. The molecule has 1 N–H and O–H groups in total. The third kappa shape index (κ3) is 5.28. The average Bonchev–Trinajstić information content (AvgIpc) is 3.55. The number of aromatic nitrogens is 3. The van der Waals surface area contributed by atoms with Crippen LogP contribution in [0.3, 0.4) is 0 Å². The van der Waals surface area contributed by atoms with E-state index < -0.39 is 17.8 Å². The summed E-state index contributed by atoms with van der Waals surface area (Å²) in [5, 5.41) is 8.34. The molecular formula is C26H29F3N4O2. The van der Waals surface area contributed by atoms with Crippen molar-refractivity contribution in [3.05, 3.63) is 47.9 Å². The Balaban J connectivity index is 1.41. The molecule has 186 valence electrons. The van der Waals surface area contributed by atoms with Gasteiger partial charge in [0.05, 0.1) is 23.3 Å². The molecule has 9 heteroatoms. The van der Waals surface area contributed by atoms with Crippen LogP contribution in [-0.4, -0.2) is 26.8 Å². The van der Waals surface area contributed by atoms with Gasteiger partial charge >= 0.3 is 6.18 Å². The Bertz CT molecular complexity index is 1230. The fourth-order valence-corrected chi connectivity index (χ4v) is 4.76. The van der Waals surface area contributed by atoms with Crippen molar-refractivity contribution in [2.75, 3.05) is 5.32 Å². The predicted molar refractivity (Wildman–Crippen MR) is 126 cm³/mol. The van der Waals surface area contributed by atoms with Gasteiger partial charge in [-0.25, -0.2) is 4.98 Å². The number of alkyl halides is 3. The van der Waals surface area contributed by atoms with Gasteiger partial charge in [0.15, 0.2) is 0 Å². The lowest BCUT2D eigenvalue weighted by Crippen LogP contribution is -2.21. The van der Waals surface area contributed by atoms with Gasteiger partial charge in [-0.2, -0.15) is 18.3 Å². The quantitative estimate of drug-likeness (QED) is 0.425. The molecule has 35 heavy (non-hydrogen) atoms. The second kappa shape index (κ2) is 9.17. The minimum atomic E-state index is -4.63. The topological polar surface area (TPSA) is 69.0 Å². The summed E-state index contributed by atoms with van der Waals surface area (Å²) in [6.45, 7) is 4.55. The summed E-state index contributed by atoms with van der Waals surface area (Å²) in [6.07, 6.45) is 3.79. The van der Waals surface area contributed by atoms with Crippen molar-refractivity contribution >= 4 is 22.5 Å². The van der Waals surface area contributed by atoms with Crippen LogP contribution in [0.15, 0.2) is 36.5 Å². The fourth-order valence-electron chi connectivity index (χ4n) is 4.76. The first-order valence-corrected chi connectivity index (χ1v) is 12.2. The summed E-state index contributed by atoms with van der Waals surface area (Å²) in [6, 6.07) is 7.19. The number of carbonyl (C=O) groups is 1. The van der Waals surface area contributed by atoms with E-state index in [1.165, 1.54) is 25.0 Å². The molecule has 2 aromatic heterocycles. The van der Waals surface area contributed by atoms with E-state index in [0.717, 1.165) is 48.6 Å². The van der Waals surface area contributed by atoms with Crippen LogP contribution in [0.4, 0.5) is 18.9 Å². The van der Waals surface area contributed by atoms with Crippen LogP contribution in [0.2, 0.25) is 0 Å². The highest BCUT2D eigenvalue weighted by atomic mass is 19.4. The number of hydrogen-bond acceptors (Lipinski definition) is 4. The molecule has 1 amide bonds. The van der Waals surface area contributed by atoms with Crippen molar-refractivity contribution in [1.82, 2.24) is 14.8 Å². The summed E-state index contributed by atoms with van der Waals surface area (Å²) < 4.78 is 47.1. The number of nitrogens with zero attached hydrogens (tertiary/aromatic N) is 3. The lowest BCUT2D eigenvalue weighted by atomic mass is 9.80. The van der Waals surface area contributed by atoms with Crippen LogP contribution in [0.1, 0.15) is 74.6 Å². The highest BCUT2D eigenvalue weighted by Crippen LogP contribution is 2.38. The van der Waals surface area contributed by atoms with Crippen LogP contribution in [0.25, 0.3) is 10.9 Å². The third-order valence-corrected chi connectivity index (χ3v) is 7.02. The number of pyridine rings is 1. The largest absolute Gasteiger partial charge is 0.488 e. The van der Waals surface area contributed by atoms with Gasteiger partial charge in [-0.15, -0.1) is 0 Å². The summed E-state index contributed by atoms with van der Waals surface area (Å²) in [5.74, 6) is 1.18. The standard InChI is InChI=1S/C26H29F3N4O2/c1-15(2)16-6-8-18(9-7-16)33-14-17-12-22(23(13-21(17)32-33)35-19-10-11-19)31-25(34)20-4-3-5-24(30-20)26(27,28)29/h3-5,12-16,18-19H,6-11H2,1-2H3,(H,31,34). The first-order chi connectivity index (χ1) is 16.7. The molecule has 0 unspecified atom stereocenters. The number of carbonyl (C=O) groups excluding carboxylic acids is 1. The van der Waals surface area contributed by atoms with Crippen molar-refractivity contribution in [3.8, 4) is 5.75 Å². The molecule has 6 nitrogen and oxygen atoms in total. The van der Waals surface area contributed by atoms with E-state index in [9.17, 15) is 18.0 Å². The van der Waals surface area contributed by atoms with E-state index in [2.05, 4.69) is 24.1 Å². The Hall–Kier alpha value is -3.10. The van der Waals surface area contributed by atoms with Crippen molar-refractivity contribution in [2.24, 2.45) is 11.8 Å². The molecule has 2 heterocycles. The molecule has 0 atom stereocenters. The molecule has 0 bridgehead atoms. The summed E-state index contributed by atoms with van der Waals surface area (Å²) in [4.78, 5) is 16.3. The maximum Gasteiger partial charge on any atom is 0.433 e. The molecule has 0 aliphatic heterocycles. The van der Waals surface area contributed by atoms with Gasteiger partial charge in [0, 0.05) is 17.6 Å². The number of benzene rings is 1. The number of ether oxygens (including phenoxy) is 1. The summed E-state index contributed by atoms with van der Waals surface area (Å²) in [7, 11) is 0. The average molecular weight is 487 g/mol. The molecular weight excluding hydrogens is 457 g/mol. The Kier molecular flexibility index (Phi) is 6.19. The molecule has 5 rings (SSSR count). The number of amides is 1. The van der Waals surface area contributed by atoms with E-state index in [1.807, 2.05) is 10.9 Å². The highest BCUT2D eigenvalue weighted by Gasteiger charge is 2.33. The Morgan fingerprint density at radius 1 is 1.11 bits per heavy atom. The molecule has 2 saturated carbocycles. The smallest absolute Gasteiger partial charge is 0.433 e. The molecule has 2 aliphatic carbocycles. The maximum absolute atomic E-state index is 13.0. The van der Waals surface area contributed by atoms with Crippen LogP contribution >= 0.6 is 0 Å². The fraction of sp³-hybridized carbons (Fsp3) is 0.500. The lowest BCUT2D eigenvalue weighted by Gasteiger charge is -2.30. The normalized spacial score (nSPS) is 20.9. The lowest BCUT2D eigenvalue weighted by molar-refractivity contribution is -0.141. The van der Waals surface area contributed by atoms with E-state index in [-0.39, 0.29) is 11.8 Å². The van der Waals surface area contributed by atoms with Gasteiger partial charge in [-0.05, 0) is 68.6 Å². The number of fused-ring (bicyclic) bond motifs is 1. The first-order valence-electron chi connectivity index (χ1n) is 12.2. The van der Waals surface area contributed by atoms with Crippen LogP contribution in [0.5, 0.6) is 5.75 Å². The van der Waals surface area contributed by atoms with Gasteiger partial charge in [-0.1, -0.05) is 19.9 Å². The van der Waals surface area contributed by atoms with Crippen molar-refractivity contribution in [3.63, 3.8) is 0 Å². The van der Waals surface area contributed by atoms with E-state index >= 15 is 0 Å². The van der Waals surface area contributed by atoms with Crippen LogP contribution < -0.4 is 10.1 Å². The van der Waals surface area contributed by atoms with E-state index in [4.69, 9.17) is 9.84 Å². The second-order valence-corrected chi connectivity index (χ2v) is 10.0. The van der Waals surface area contributed by atoms with Gasteiger partial charge < -0.3 is 10.1 Å².